The van der Waals surface area contributed by atoms with Crippen molar-refractivity contribution < 1.29 is 9.53 Å². The standard InChI is InChI=1S/C20H28N4O3S2/c1-4-7-24-19(26)17-14(2)15(3)29-18(17)22-20(24)28-13-16(25)21-6-5-8-23-9-11-27-12-10-23/h4H,1,5-13H2,2-3H3,(H,21,25). The van der Waals surface area contributed by atoms with Crippen molar-refractivity contribution in [3.05, 3.63) is 33.4 Å². The molecule has 0 unspecified atom stereocenters. The number of aromatic nitrogens is 2. The molecule has 1 aliphatic heterocycles. The van der Waals surface area contributed by atoms with Gasteiger partial charge in [0.2, 0.25) is 5.91 Å². The Morgan fingerprint density at radius 3 is 2.86 bits per heavy atom. The Kier molecular flexibility index (Phi) is 7.88. The van der Waals surface area contributed by atoms with E-state index in [9.17, 15) is 9.59 Å². The van der Waals surface area contributed by atoms with E-state index in [1.807, 2.05) is 13.8 Å². The Bertz CT molecular complexity index is 932. The average Bonchev–Trinajstić information content (AvgIpc) is 3.00. The van der Waals surface area contributed by atoms with Gasteiger partial charge in [-0.2, -0.15) is 0 Å². The molecule has 0 atom stereocenters. The monoisotopic (exact) mass is 436 g/mol. The van der Waals surface area contributed by atoms with Crippen LogP contribution in [0.1, 0.15) is 16.9 Å². The number of amides is 1. The maximum atomic E-state index is 12.9. The quantitative estimate of drug-likeness (QED) is 0.281. The summed E-state index contributed by atoms with van der Waals surface area (Å²) in [6.45, 7) is 13.2. The Labute approximate surface area is 179 Å². The number of nitrogens with one attached hydrogen (secondary N) is 1. The lowest BCUT2D eigenvalue weighted by Gasteiger charge is -2.26. The highest BCUT2D eigenvalue weighted by molar-refractivity contribution is 7.99. The fraction of sp³-hybridized carbons (Fsp3) is 0.550. The third-order valence-corrected chi connectivity index (χ3v) is 7.05. The molecule has 1 fully saturated rings. The van der Waals surface area contributed by atoms with Gasteiger partial charge >= 0.3 is 0 Å². The fourth-order valence-corrected chi connectivity index (χ4v) is 5.15. The van der Waals surface area contributed by atoms with E-state index in [0.29, 0.717) is 23.6 Å². The predicted octanol–water partition coefficient (Wildman–Crippen LogP) is 2.19. The van der Waals surface area contributed by atoms with Crippen LogP contribution in [0, 0.1) is 13.8 Å². The van der Waals surface area contributed by atoms with Crippen LogP contribution in [-0.2, 0) is 16.1 Å². The van der Waals surface area contributed by atoms with E-state index in [4.69, 9.17) is 4.74 Å². The van der Waals surface area contributed by atoms with Gasteiger partial charge in [0.25, 0.3) is 5.56 Å². The molecule has 0 spiro atoms. The van der Waals surface area contributed by atoms with Crippen molar-refractivity contribution in [1.82, 2.24) is 19.8 Å². The SMILES string of the molecule is C=CCn1c(SCC(=O)NCCCN2CCOCC2)nc2sc(C)c(C)c2c1=O. The Morgan fingerprint density at radius 1 is 1.38 bits per heavy atom. The van der Waals surface area contributed by atoms with E-state index in [1.165, 1.54) is 23.1 Å². The van der Waals surface area contributed by atoms with E-state index in [1.54, 1.807) is 10.6 Å². The van der Waals surface area contributed by atoms with Gasteiger partial charge in [0, 0.05) is 31.1 Å². The first kappa shape index (κ1) is 22.0. The molecule has 3 heterocycles. The summed E-state index contributed by atoms with van der Waals surface area (Å²) in [7, 11) is 0. The topological polar surface area (TPSA) is 76.5 Å². The number of hydrogen-bond donors (Lipinski definition) is 1. The number of allylic oxidation sites excluding steroid dienone is 1. The molecule has 0 bridgehead atoms. The number of carbonyl (C=O) groups excluding carboxylic acids is 1. The van der Waals surface area contributed by atoms with Crippen LogP contribution in [0.25, 0.3) is 10.2 Å². The van der Waals surface area contributed by atoms with Crippen LogP contribution in [0.4, 0.5) is 0 Å². The highest BCUT2D eigenvalue weighted by atomic mass is 32.2. The molecule has 0 aromatic carbocycles. The van der Waals surface area contributed by atoms with Crippen LogP contribution < -0.4 is 10.9 Å². The Hall–Kier alpha value is -1.68. The molecular formula is C20H28N4O3S2. The molecule has 158 valence electrons. The second-order valence-electron chi connectivity index (χ2n) is 7.01. The number of hydrogen-bond acceptors (Lipinski definition) is 7. The van der Waals surface area contributed by atoms with Gasteiger partial charge in [0.15, 0.2) is 5.16 Å². The van der Waals surface area contributed by atoms with E-state index < -0.39 is 0 Å². The van der Waals surface area contributed by atoms with Crippen LogP contribution in [0.2, 0.25) is 0 Å². The molecular weight excluding hydrogens is 408 g/mol. The van der Waals surface area contributed by atoms with Crippen molar-refractivity contribution in [2.75, 3.05) is 45.1 Å². The number of thioether (sulfide) groups is 1. The molecule has 0 saturated carbocycles. The van der Waals surface area contributed by atoms with E-state index in [-0.39, 0.29) is 17.2 Å². The number of nitrogens with zero attached hydrogens (tertiary/aromatic N) is 3. The van der Waals surface area contributed by atoms with Gasteiger partial charge in [0.05, 0.1) is 24.4 Å². The lowest BCUT2D eigenvalue weighted by molar-refractivity contribution is -0.118. The maximum absolute atomic E-state index is 12.9. The number of fused-ring (bicyclic) bond motifs is 1. The van der Waals surface area contributed by atoms with Gasteiger partial charge < -0.3 is 10.1 Å². The first-order valence-corrected chi connectivity index (χ1v) is 11.6. The van der Waals surface area contributed by atoms with Gasteiger partial charge in [0.1, 0.15) is 4.83 Å². The third-order valence-electron chi connectivity index (χ3n) is 4.97. The molecule has 9 heteroatoms. The summed E-state index contributed by atoms with van der Waals surface area (Å²) in [4.78, 5) is 34.0. The van der Waals surface area contributed by atoms with E-state index in [0.717, 1.165) is 54.5 Å². The maximum Gasteiger partial charge on any atom is 0.263 e. The van der Waals surface area contributed by atoms with Crippen molar-refractivity contribution in [3.8, 4) is 0 Å². The molecule has 3 rings (SSSR count). The summed E-state index contributed by atoms with van der Waals surface area (Å²) < 4.78 is 6.94. The minimum atomic E-state index is -0.0647. The second kappa shape index (κ2) is 10.4. The van der Waals surface area contributed by atoms with Gasteiger partial charge in [-0.25, -0.2) is 4.98 Å². The molecule has 2 aromatic rings. The zero-order valence-corrected chi connectivity index (χ0v) is 18.7. The second-order valence-corrected chi connectivity index (χ2v) is 9.15. The van der Waals surface area contributed by atoms with Crippen molar-refractivity contribution in [2.45, 2.75) is 32.0 Å². The van der Waals surface area contributed by atoms with Crippen LogP contribution in [0.3, 0.4) is 0 Å². The normalized spacial score (nSPS) is 15.0. The molecule has 1 amide bonds. The molecule has 1 aliphatic rings. The van der Waals surface area contributed by atoms with Crippen LogP contribution in [0.15, 0.2) is 22.6 Å². The summed E-state index contributed by atoms with van der Waals surface area (Å²) >= 11 is 2.82. The number of ether oxygens (including phenoxy) is 1. The number of morpholine rings is 1. The van der Waals surface area contributed by atoms with Crippen molar-refractivity contribution >= 4 is 39.2 Å². The largest absolute Gasteiger partial charge is 0.379 e. The zero-order chi connectivity index (χ0) is 20.8. The molecule has 7 nitrogen and oxygen atoms in total. The Morgan fingerprint density at radius 2 is 2.14 bits per heavy atom. The minimum Gasteiger partial charge on any atom is -0.379 e. The molecule has 29 heavy (non-hydrogen) atoms. The van der Waals surface area contributed by atoms with Gasteiger partial charge in [-0.15, -0.1) is 17.9 Å². The van der Waals surface area contributed by atoms with Crippen molar-refractivity contribution in [1.29, 1.82) is 0 Å². The summed E-state index contributed by atoms with van der Waals surface area (Å²) in [5.74, 6) is 0.186. The summed E-state index contributed by atoms with van der Waals surface area (Å²) in [6.07, 6.45) is 2.59. The highest BCUT2D eigenvalue weighted by Gasteiger charge is 2.17. The number of rotatable bonds is 9. The minimum absolute atomic E-state index is 0.0463. The van der Waals surface area contributed by atoms with Crippen LogP contribution in [0.5, 0.6) is 0 Å². The first-order valence-electron chi connectivity index (χ1n) is 9.82. The lowest BCUT2D eigenvalue weighted by Crippen LogP contribution is -2.38. The summed E-state index contributed by atoms with van der Waals surface area (Å²) in [6, 6.07) is 0. The zero-order valence-electron chi connectivity index (χ0n) is 17.0. The molecule has 0 radical (unpaired) electrons. The summed E-state index contributed by atoms with van der Waals surface area (Å²) in [5, 5.41) is 4.19. The van der Waals surface area contributed by atoms with E-state index >= 15 is 0 Å². The fourth-order valence-electron chi connectivity index (χ4n) is 3.25. The van der Waals surface area contributed by atoms with Gasteiger partial charge in [-0.3, -0.25) is 19.1 Å². The highest BCUT2D eigenvalue weighted by Crippen LogP contribution is 2.28. The molecule has 1 saturated heterocycles. The first-order chi connectivity index (χ1) is 14.0. The van der Waals surface area contributed by atoms with Gasteiger partial charge in [-0.05, 0) is 32.4 Å². The van der Waals surface area contributed by atoms with E-state index in [2.05, 4.69) is 21.8 Å². The number of thiophene rings is 1. The van der Waals surface area contributed by atoms with Gasteiger partial charge in [-0.1, -0.05) is 17.8 Å². The average molecular weight is 437 g/mol. The van der Waals surface area contributed by atoms with Crippen molar-refractivity contribution in [2.24, 2.45) is 0 Å². The Balaban J connectivity index is 1.57. The van der Waals surface area contributed by atoms with Crippen LogP contribution >= 0.6 is 23.1 Å². The number of aryl methyl sites for hydroxylation is 2. The molecule has 1 N–H and O–H groups in total. The number of carbonyl (C=O) groups is 1. The molecule has 0 aliphatic carbocycles. The molecule has 2 aromatic heterocycles. The third kappa shape index (κ3) is 5.48. The lowest BCUT2D eigenvalue weighted by atomic mass is 10.2. The van der Waals surface area contributed by atoms with Crippen LogP contribution in [-0.4, -0.2) is 65.5 Å². The van der Waals surface area contributed by atoms with Crippen molar-refractivity contribution in [3.63, 3.8) is 0 Å². The summed E-state index contributed by atoms with van der Waals surface area (Å²) in [5.41, 5.74) is 0.917. The predicted molar refractivity (Wildman–Crippen MR) is 119 cm³/mol. The smallest absolute Gasteiger partial charge is 0.263 e.